The molecule has 2 rings (SSSR count). The van der Waals surface area contributed by atoms with Crippen LogP contribution in [0.15, 0.2) is 24.3 Å². The van der Waals surface area contributed by atoms with Gasteiger partial charge in [0.15, 0.2) is 0 Å². The van der Waals surface area contributed by atoms with Gasteiger partial charge < -0.3 is 16.0 Å². The van der Waals surface area contributed by atoms with Crippen molar-refractivity contribution in [1.82, 2.24) is 10.2 Å². The maximum absolute atomic E-state index is 12.8. The first kappa shape index (κ1) is 22.1. The topological polar surface area (TPSA) is 75.4 Å². The van der Waals surface area contributed by atoms with Crippen molar-refractivity contribution in [1.29, 1.82) is 0 Å². The number of nitrogens with one attached hydrogen (secondary N) is 1. The number of nitrogens with two attached hydrogens (primary N) is 1. The SMILES string of the molecule is CSCCC(NC(=O)c1ccccc1Cl)C(=O)N1CCC(CN)C1.Cl. The van der Waals surface area contributed by atoms with Gasteiger partial charge in [-0.15, -0.1) is 12.4 Å². The number of amides is 2. The average Bonchev–Trinajstić information content (AvgIpc) is 3.07. The van der Waals surface area contributed by atoms with E-state index >= 15 is 0 Å². The van der Waals surface area contributed by atoms with E-state index in [0.29, 0.717) is 42.6 Å². The molecule has 1 aliphatic heterocycles. The molecule has 1 fully saturated rings. The van der Waals surface area contributed by atoms with Crippen LogP contribution in [-0.2, 0) is 4.79 Å². The molecular weight excluding hydrogens is 381 g/mol. The normalized spacial score (nSPS) is 17.7. The van der Waals surface area contributed by atoms with E-state index in [1.807, 2.05) is 11.2 Å². The van der Waals surface area contributed by atoms with E-state index in [1.165, 1.54) is 0 Å². The van der Waals surface area contributed by atoms with Crippen LogP contribution >= 0.6 is 35.8 Å². The van der Waals surface area contributed by atoms with E-state index in [0.717, 1.165) is 12.2 Å². The first-order valence-electron chi connectivity index (χ1n) is 8.10. The zero-order chi connectivity index (χ0) is 17.5. The molecule has 0 bridgehead atoms. The highest BCUT2D eigenvalue weighted by atomic mass is 35.5. The standard InChI is InChI=1S/C17H24ClN3O2S.ClH/c1-24-9-7-15(17(23)21-8-6-12(10-19)11-21)20-16(22)13-4-2-3-5-14(13)18;/h2-5,12,15H,6-11,19H2,1H3,(H,20,22);1H. The van der Waals surface area contributed by atoms with Crippen LogP contribution in [0.2, 0.25) is 5.02 Å². The van der Waals surface area contributed by atoms with Crippen molar-refractivity contribution >= 4 is 47.6 Å². The molecule has 0 spiro atoms. The lowest BCUT2D eigenvalue weighted by Gasteiger charge is -2.24. The second-order valence-corrected chi connectivity index (χ2v) is 7.35. The fourth-order valence-electron chi connectivity index (χ4n) is 2.82. The van der Waals surface area contributed by atoms with Crippen LogP contribution < -0.4 is 11.1 Å². The Labute approximate surface area is 164 Å². The van der Waals surface area contributed by atoms with Crippen molar-refractivity contribution in [3.05, 3.63) is 34.9 Å². The first-order valence-corrected chi connectivity index (χ1v) is 9.87. The number of hydrogen-bond acceptors (Lipinski definition) is 4. The molecule has 8 heteroatoms. The van der Waals surface area contributed by atoms with Gasteiger partial charge in [0, 0.05) is 13.1 Å². The van der Waals surface area contributed by atoms with Crippen molar-refractivity contribution in [2.75, 3.05) is 31.6 Å². The Morgan fingerprint density at radius 3 is 2.76 bits per heavy atom. The molecule has 1 aromatic carbocycles. The monoisotopic (exact) mass is 405 g/mol. The molecule has 0 aliphatic carbocycles. The Morgan fingerprint density at radius 2 is 2.16 bits per heavy atom. The molecule has 0 aromatic heterocycles. The van der Waals surface area contributed by atoms with Crippen molar-refractivity contribution < 1.29 is 9.59 Å². The predicted molar refractivity (Wildman–Crippen MR) is 107 cm³/mol. The average molecular weight is 406 g/mol. The van der Waals surface area contributed by atoms with Crippen LogP contribution in [0.4, 0.5) is 0 Å². The third-order valence-corrected chi connectivity index (χ3v) is 5.24. The number of carbonyl (C=O) groups is 2. The van der Waals surface area contributed by atoms with E-state index < -0.39 is 6.04 Å². The van der Waals surface area contributed by atoms with Gasteiger partial charge in [0.05, 0.1) is 10.6 Å². The number of hydrogen-bond donors (Lipinski definition) is 2. The Morgan fingerprint density at radius 1 is 1.44 bits per heavy atom. The molecule has 2 unspecified atom stereocenters. The van der Waals surface area contributed by atoms with Gasteiger partial charge in [0.1, 0.15) is 6.04 Å². The lowest BCUT2D eigenvalue weighted by Crippen LogP contribution is -2.48. The lowest BCUT2D eigenvalue weighted by molar-refractivity contribution is -0.132. The molecule has 0 radical (unpaired) electrons. The van der Waals surface area contributed by atoms with Gasteiger partial charge in [-0.1, -0.05) is 23.7 Å². The molecule has 0 saturated carbocycles. The summed E-state index contributed by atoms with van der Waals surface area (Å²) in [5.41, 5.74) is 6.09. The number of rotatable bonds is 7. The van der Waals surface area contributed by atoms with E-state index in [1.54, 1.807) is 36.0 Å². The van der Waals surface area contributed by atoms with E-state index in [9.17, 15) is 9.59 Å². The zero-order valence-corrected chi connectivity index (χ0v) is 16.6. The Bertz CT molecular complexity index is 589. The quantitative estimate of drug-likeness (QED) is 0.729. The smallest absolute Gasteiger partial charge is 0.253 e. The fraction of sp³-hybridized carbons (Fsp3) is 0.529. The van der Waals surface area contributed by atoms with E-state index in [-0.39, 0.29) is 24.2 Å². The summed E-state index contributed by atoms with van der Waals surface area (Å²) in [6.07, 6.45) is 3.51. The number of halogens is 2. The molecule has 2 amide bonds. The van der Waals surface area contributed by atoms with Crippen molar-refractivity contribution in [3.8, 4) is 0 Å². The summed E-state index contributed by atoms with van der Waals surface area (Å²) in [5.74, 6) is 0.817. The molecule has 1 aromatic rings. The fourth-order valence-corrected chi connectivity index (χ4v) is 3.51. The van der Waals surface area contributed by atoms with Crippen LogP contribution in [0.5, 0.6) is 0 Å². The minimum atomic E-state index is -0.530. The summed E-state index contributed by atoms with van der Waals surface area (Å²) in [6.45, 7) is 1.97. The molecule has 3 N–H and O–H groups in total. The van der Waals surface area contributed by atoms with Crippen LogP contribution in [-0.4, -0.2) is 54.4 Å². The van der Waals surface area contributed by atoms with Crippen molar-refractivity contribution in [2.24, 2.45) is 11.7 Å². The Balaban J connectivity index is 0.00000312. The molecular formula is C17H25Cl2N3O2S. The Hall–Kier alpha value is -0.950. The van der Waals surface area contributed by atoms with Crippen molar-refractivity contribution in [2.45, 2.75) is 18.9 Å². The van der Waals surface area contributed by atoms with Gasteiger partial charge in [-0.3, -0.25) is 9.59 Å². The highest BCUT2D eigenvalue weighted by Crippen LogP contribution is 2.18. The van der Waals surface area contributed by atoms with Crippen molar-refractivity contribution in [3.63, 3.8) is 0 Å². The van der Waals surface area contributed by atoms with Crippen LogP contribution in [0.25, 0.3) is 0 Å². The van der Waals surface area contributed by atoms with Crippen LogP contribution in [0, 0.1) is 5.92 Å². The molecule has 1 saturated heterocycles. The third-order valence-electron chi connectivity index (χ3n) is 4.26. The molecule has 25 heavy (non-hydrogen) atoms. The van der Waals surface area contributed by atoms with E-state index in [4.69, 9.17) is 17.3 Å². The summed E-state index contributed by atoms with van der Waals surface area (Å²) in [7, 11) is 0. The summed E-state index contributed by atoms with van der Waals surface area (Å²) in [6, 6.07) is 6.33. The van der Waals surface area contributed by atoms with Gasteiger partial charge in [-0.2, -0.15) is 11.8 Å². The summed E-state index contributed by atoms with van der Waals surface area (Å²) in [4.78, 5) is 27.1. The molecule has 2 atom stereocenters. The van der Waals surface area contributed by atoms with Gasteiger partial charge in [0.2, 0.25) is 5.91 Å². The number of benzene rings is 1. The number of likely N-dealkylation sites (tertiary alicyclic amines) is 1. The van der Waals surface area contributed by atoms with Gasteiger partial charge in [0.25, 0.3) is 5.91 Å². The molecule has 1 aliphatic rings. The largest absolute Gasteiger partial charge is 0.341 e. The summed E-state index contributed by atoms with van der Waals surface area (Å²) >= 11 is 7.73. The number of nitrogens with zero attached hydrogens (tertiary/aromatic N) is 1. The maximum atomic E-state index is 12.8. The summed E-state index contributed by atoms with van der Waals surface area (Å²) in [5, 5.41) is 3.24. The van der Waals surface area contributed by atoms with E-state index in [2.05, 4.69) is 5.32 Å². The van der Waals surface area contributed by atoms with Gasteiger partial charge in [-0.05, 0) is 49.4 Å². The highest BCUT2D eigenvalue weighted by molar-refractivity contribution is 7.98. The van der Waals surface area contributed by atoms with Crippen LogP contribution in [0.3, 0.4) is 0 Å². The zero-order valence-electron chi connectivity index (χ0n) is 14.2. The minimum Gasteiger partial charge on any atom is -0.341 e. The minimum absolute atomic E-state index is 0. The molecule has 140 valence electrons. The van der Waals surface area contributed by atoms with Gasteiger partial charge >= 0.3 is 0 Å². The van der Waals surface area contributed by atoms with Crippen LogP contribution in [0.1, 0.15) is 23.2 Å². The summed E-state index contributed by atoms with van der Waals surface area (Å²) < 4.78 is 0. The highest BCUT2D eigenvalue weighted by Gasteiger charge is 2.31. The predicted octanol–water partition coefficient (Wildman–Crippen LogP) is 2.42. The third kappa shape index (κ3) is 6.06. The number of thioether (sulfide) groups is 1. The second-order valence-electron chi connectivity index (χ2n) is 5.96. The Kier molecular flexibility index (Phi) is 9.64. The first-order chi connectivity index (χ1) is 11.6. The molecule has 5 nitrogen and oxygen atoms in total. The second kappa shape index (κ2) is 10.9. The van der Waals surface area contributed by atoms with Gasteiger partial charge in [-0.25, -0.2) is 0 Å². The lowest BCUT2D eigenvalue weighted by atomic mass is 10.1. The maximum Gasteiger partial charge on any atom is 0.253 e. The number of carbonyl (C=O) groups excluding carboxylic acids is 2. The molecule has 1 heterocycles.